The Kier molecular flexibility index (Phi) is 4.15. The molecule has 0 bridgehead atoms. The maximum atomic E-state index is 9.43. The van der Waals surface area contributed by atoms with E-state index in [1.807, 2.05) is 24.3 Å². The summed E-state index contributed by atoms with van der Waals surface area (Å²) in [5.74, 6) is 0.558. The van der Waals surface area contributed by atoms with Gasteiger partial charge in [0.1, 0.15) is 0 Å². The van der Waals surface area contributed by atoms with Gasteiger partial charge in [-0.05, 0) is 24.5 Å². The average Bonchev–Trinajstić information content (AvgIpc) is 2.38. The van der Waals surface area contributed by atoms with Crippen molar-refractivity contribution in [2.45, 2.75) is 26.3 Å². The van der Waals surface area contributed by atoms with Crippen molar-refractivity contribution in [3.05, 3.63) is 36.5 Å². The van der Waals surface area contributed by atoms with E-state index in [1.54, 1.807) is 6.20 Å². The van der Waals surface area contributed by atoms with E-state index in [9.17, 15) is 5.11 Å². The fourth-order valence-electron chi connectivity index (χ4n) is 2.19. The molecule has 1 aromatic heterocycles. The lowest BCUT2D eigenvalue weighted by atomic mass is 10.0. The van der Waals surface area contributed by atoms with Gasteiger partial charge in [-0.3, -0.25) is 4.98 Å². The van der Waals surface area contributed by atoms with Crippen LogP contribution >= 0.6 is 0 Å². The number of anilines is 1. The van der Waals surface area contributed by atoms with Crippen LogP contribution in [-0.4, -0.2) is 22.7 Å². The fourth-order valence-corrected chi connectivity index (χ4v) is 2.19. The highest BCUT2D eigenvalue weighted by Gasteiger charge is 2.11. The van der Waals surface area contributed by atoms with Crippen molar-refractivity contribution in [2.75, 3.05) is 11.9 Å². The Bertz CT molecular complexity index is 505. The number of para-hydroxylation sites is 1. The maximum Gasteiger partial charge on any atom is 0.0722 e. The summed E-state index contributed by atoms with van der Waals surface area (Å²) in [6.07, 6.45) is 2.75. The number of pyridine rings is 1. The van der Waals surface area contributed by atoms with Crippen molar-refractivity contribution in [3.8, 4) is 0 Å². The summed E-state index contributed by atoms with van der Waals surface area (Å²) in [6, 6.07) is 10.1. The molecular formula is C15H20N2O. The zero-order chi connectivity index (χ0) is 13.0. The van der Waals surface area contributed by atoms with Crippen LogP contribution < -0.4 is 5.32 Å². The number of fused-ring (bicyclic) bond motifs is 1. The first kappa shape index (κ1) is 12.8. The molecule has 0 spiro atoms. The molecule has 0 fully saturated rings. The Balaban J connectivity index is 2.25. The molecule has 96 valence electrons. The molecule has 0 aliphatic carbocycles. The largest absolute Gasteiger partial charge is 0.394 e. The van der Waals surface area contributed by atoms with Crippen LogP contribution in [0.15, 0.2) is 36.5 Å². The molecule has 0 saturated heterocycles. The first-order valence-corrected chi connectivity index (χ1v) is 6.42. The van der Waals surface area contributed by atoms with Crippen molar-refractivity contribution in [1.82, 2.24) is 4.98 Å². The van der Waals surface area contributed by atoms with Gasteiger partial charge in [-0.1, -0.05) is 32.0 Å². The first-order chi connectivity index (χ1) is 8.70. The summed E-state index contributed by atoms with van der Waals surface area (Å²) in [4.78, 5) is 4.33. The number of aliphatic hydroxyl groups is 1. The predicted molar refractivity (Wildman–Crippen MR) is 75.7 cm³/mol. The van der Waals surface area contributed by atoms with Gasteiger partial charge in [0.15, 0.2) is 0 Å². The molecule has 1 unspecified atom stereocenters. The van der Waals surface area contributed by atoms with Crippen LogP contribution in [0.5, 0.6) is 0 Å². The van der Waals surface area contributed by atoms with Crippen molar-refractivity contribution in [3.63, 3.8) is 0 Å². The van der Waals surface area contributed by atoms with E-state index in [2.05, 4.69) is 30.2 Å². The van der Waals surface area contributed by atoms with Gasteiger partial charge in [-0.2, -0.15) is 0 Å². The molecule has 18 heavy (non-hydrogen) atoms. The molecule has 2 rings (SSSR count). The van der Waals surface area contributed by atoms with Crippen molar-refractivity contribution < 1.29 is 5.11 Å². The third-order valence-electron chi connectivity index (χ3n) is 2.98. The average molecular weight is 244 g/mol. The second-order valence-corrected chi connectivity index (χ2v) is 5.03. The van der Waals surface area contributed by atoms with Gasteiger partial charge < -0.3 is 10.4 Å². The van der Waals surface area contributed by atoms with E-state index < -0.39 is 0 Å². The van der Waals surface area contributed by atoms with Gasteiger partial charge >= 0.3 is 0 Å². The van der Waals surface area contributed by atoms with Crippen LogP contribution in [0, 0.1) is 5.92 Å². The Morgan fingerprint density at radius 1 is 1.22 bits per heavy atom. The molecule has 0 amide bonds. The van der Waals surface area contributed by atoms with E-state index in [-0.39, 0.29) is 12.6 Å². The SMILES string of the molecule is CC(C)CC(CO)Nc1ccnc2ccccc12. The summed E-state index contributed by atoms with van der Waals surface area (Å²) in [5, 5.41) is 13.9. The van der Waals surface area contributed by atoms with E-state index >= 15 is 0 Å². The van der Waals surface area contributed by atoms with E-state index in [0.29, 0.717) is 5.92 Å². The van der Waals surface area contributed by atoms with Crippen LogP contribution in [0.4, 0.5) is 5.69 Å². The monoisotopic (exact) mass is 244 g/mol. The zero-order valence-corrected chi connectivity index (χ0v) is 10.9. The molecule has 2 aromatic rings. The second kappa shape index (κ2) is 5.83. The number of hydrogen-bond acceptors (Lipinski definition) is 3. The number of nitrogens with zero attached hydrogens (tertiary/aromatic N) is 1. The summed E-state index contributed by atoms with van der Waals surface area (Å²) in [6.45, 7) is 4.47. The lowest BCUT2D eigenvalue weighted by Gasteiger charge is -2.20. The van der Waals surface area contributed by atoms with Gasteiger partial charge in [0, 0.05) is 23.3 Å². The molecule has 1 atom stereocenters. The summed E-state index contributed by atoms with van der Waals surface area (Å²) < 4.78 is 0. The van der Waals surface area contributed by atoms with Crippen LogP contribution in [-0.2, 0) is 0 Å². The van der Waals surface area contributed by atoms with Crippen LogP contribution in [0.25, 0.3) is 10.9 Å². The quantitative estimate of drug-likeness (QED) is 0.849. The molecule has 3 nitrogen and oxygen atoms in total. The highest BCUT2D eigenvalue weighted by Crippen LogP contribution is 2.22. The fraction of sp³-hybridized carbons (Fsp3) is 0.400. The lowest BCUT2D eigenvalue weighted by Crippen LogP contribution is -2.25. The molecule has 0 saturated carbocycles. The minimum Gasteiger partial charge on any atom is -0.394 e. The highest BCUT2D eigenvalue weighted by atomic mass is 16.3. The van der Waals surface area contributed by atoms with Gasteiger partial charge in [-0.25, -0.2) is 0 Å². The van der Waals surface area contributed by atoms with Crippen molar-refractivity contribution >= 4 is 16.6 Å². The van der Waals surface area contributed by atoms with E-state index in [4.69, 9.17) is 0 Å². The summed E-state index contributed by atoms with van der Waals surface area (Å²) >= 11 is 0. The maximum absolute atomic E-state index is 9.43. The molecule has 1 aromatic carbocycles. The Morgan fingerprint density at radius 2 is 2.00 bits per heavy atom. The molecule has 0 aliphatic heterocycles. The number of rotatable bonds is 5. The first-order valence-electron chi connectivity index (χ1n) is 6.42. The second-order valence-electron chi connectivity index (χ2n) is 5.03. The summed E-state index contributed by atoms with van der Waals surface area (Å²) in [7, 11) is 0. The molecular weight excluding hydrogens is 224 g/mol. The zero-order valence-electron chi connectivity index (χ0n) is 10.9. The standard InChI is InChI=1S/C15H20N2O/c1-11(2)9-12(10-18)17-15-7-8-16-14-6-4-3-5-13(14)15/h3-8,11-12,18H,9-10H2,1-2H3,(H,16,17). The number of aliphatic hydroxyl groups excluding tert-OH is 1. The van der Waals surface area contributed by atoms with Gasteiger partial charge in [-0.15, -0.1) is 0 Å². The predicted octanol–water partition coefficient (Wildman–Crippen LogP) is 3.05. The number of benzene rings is 1. The van der Waals surface area contributed by atoms with E-state index in [0.717, 1.165) is 23.0 Å². The van der Waals surface area contributed by atoms with Gasteiger partial charge in [0.2, 0.25) is 0 Å². The van der Waals surface area contributed by atoms with Gasteiger partial charge in [0.05, 0.1) is 12.1 Å². The topological polar surface area (TPSA) is 45.1 Å². The normalized spacial score (nSPS) is 12.9. The Morgan fingerprint density at radius 3 is 2.72 bits per heavy atom. The lowest BCUT2D eigenvalue weighted by molar-refractivity contribution is 0.259. The highest BCUT2D eigenvalue weighted by molar-refractivity contribution is 5.90. The molecule has 2 N–H and O–H groups in total. The van der Waals surface area contributed by atoms with Crippen molar-refractivity contribution in [2.24, 2.45) is 5.92 Å². The third kappa shape index (κ3) is 2.99. The summed E-state index contributed by atoms with van der Waals surface area (Å²) in [5.41, 5.74) is 2.02. The third-order valence-corrected chi connectivity index (χ3v) is 2.98. The van der Waals surface area contributed by atoms with Gasteiger partial charge in [0.25, 0.3) is 0 Å². The van der Waals surface area contributed by atoms with Crippen LogP contribution in [0.3, 0.4) is 0 Å². The Labute approximate surface area is 108 Å². The number of nitrogens with one attached hydrogen (secondary N) is 1. The van der Waals surface area contributed by atoms with Crippen molar-refractivity contribution in [1.29, 1.82) is 0 Å². The molecule has 0 radical (unpaired) electrons. The minimum absolute atomic E-state index is 0.0933. The number of hydrogen-bond donors (Lipinski definition) is 2. The van der Waals surface area contributed by atoms with E-state index in [1.165, 1.54) is 0 Å². The number of aromatic nitrogens is 1. The van der Waals surface area contributed by atoms with Crippen LogP contribution in [0.2, 0.25) is 0 Å². The smallest absolute Gasteiger partial charge is 0.0722 e. The molecule has 3 heteroatoms. The minimum atomic E-state index is 0.0933. The van der Waals surface area contributed by atoms with Crippen LogP contribution in [0.1, 0.15) is 20.3 Å². The molecule has 1 heterocycles. The molecule has 0 aliphatic rings. The Hall–Kier alpha value is -1.61.